The molecule has 0 saturated heterocycles. The van der Waals surface area contributed by atoms with Crippen LogP contribution in [-0.4, -0.2) is 37.6 Å². The average molecular weight is 444 g/mol. The number of carbonyl (C=O) groups is 2. The molecule has 0 radical (unpaired) electrons. The number of rotatable bonds is 8. The molecule has 0 aliphatic carbocycles. The van der Waals surface area contributed by atoms with Crippen molar-refractivity contribution in [3.63, 3.8) is 0 Å². The predicted molar refractivity (Wildman–Crippen MR) is 121 cm³/mol. The van der Waals surface area contributed by atoms with Gasteiger partial charge in [-0.2, -0.15) is 4.31 Å². The maximum absolute atomic E-state index is 12.8. The summed E-state index contributed by atoms with van der Waals surface area (Å²) in [6, 6.07) is 12.4. The van der Waals surface area contributed by atoms with Gasteiger partial charge >= 0.3 is 0 Å². The third-order valence-electron chi connectivity index (χ3n) is 5.66. The summed E-state index contributed by atoms with van der Waals surface area (Å²) in [4.78, 5) is 25.1. The topological polar surface area (TPSA) is 95.6 Å². The second kappa shape index (κ2) is 9.62. The third kappa shape index (κ3) is 5.14. The lowest BCUT2D eigenvalue weighted by Gasteiger charge is -2.24. The van der Waals surface area contributed by atoms with Crippen molar-refractivity contribution in [2.24, 2.45) is 5.92 Å². The molecule has 2 aromatic rings. The minimum atomic E-state index is -3.61. The van der Waals surface area contributed by atoms with Gasteiger partial charge < -0.3 is 10.6 Å². The molecule has 1 aliphatic heterocycles. The lowest BCUT2D eigenvalue weighted by atomic mass is 9.89. The van der Waals surface area contributed by atoms with Gasteiger partial charge in [-0.1, -0.05) is 38.1 Å². The van der Waals surface area contributed by atoms with E-state index in [-0.39, 0.29) is 29.0 Å². The fourth-order valence-corrected chi connectivity index (χ4v) is 5.26. The number of amides is 2. The largest absolute Gasteiger partial charge is 0.326 e. The van der Waals surface area contributed by atoms with Crippen molar-refractivity contribution in [2.45, 2.75) is 44.9 Å². The monoisotopic (exact) mass is 443 g/mol. The molecular weight excluding hydrogens is 414 g/mol. The van der Waals surface area contributed by atoms with Crippen LogP contribution < -0.4 is 10.6 Å². The van der Waals surface area contributed by atoms with Crippen LogP contribution in [0.5, 0.6) is 0 Å². The zero-order chi connectivity index (χ0) is 22.6. The van der Waals surface area contributed by atoms with Crippen LogP contribution in [0.25, 0.3) is 0 Å². The van der Waals surface area contributed by atoms with E-state index in [1.165, 1.54) is 10.4 Å². The van der Waals surface area contributed by atoms with E-state index in [4.69, 9.17) is 0 Å². The number of para-hydroxylation sites is 1. The smallest absolute Gasteiger partial charge is 0.243 e. The van der Waals surface area contributed by atoms with Crippen molar-refractivity contribution in [3.05, 3.63) is 53.6 Å². The van der Waals surface area contributed by atoms with Gasteiger partial charge in [0.1, 0.15) is 0 Å². The van der Waals surface area contributed by atoms with Crippen molar-refractivity contribution >= 4 is 33.2 Å². The number of anilines is 2. The summed E-state index contributed by atoms with van der Waals surface area (Å²) in [6.07, 6.45) is 1.20. The minimum Gasteiger partial charge on any atom is -0.326 e. The number of hydrogen-bond donors (Lipinski definition) is 2. The average Bonchev–Trinajstić information content (AvgIpc) is 2.74. The molecule has 0 spiro atoms. The highest BCUT2D eigenvalue weighted by Crippen LogP contribution is 2.28. The van der Waals surface area contributed by atoms with E-state index < -0.39 is 10.0 Å². The molecule has 1 heterocycles. The first-order valence-corrected chi connectivity index (χ1v) is 12.0. The number of hydrogen-bond acceptors (Lipinski definition) is 4. The van der Waals surface area contributed by atoms with E-state index in [0.29, 0.717) is 31.6 Å². The van der Waals surface area contributed by atoms with Crippen LogP contribution in [0.4, 0.5) is 11.4 Å². The maximum Gasteiger partial charge on any atom is 0.243 e. The highest BCUT2D eigenvalue weighted by molar-refractivity contribution is 7.89. The van der Waals surface area contributed by atoms with Crippen molar-refractivity contribution in [2.75, 3.05) is 23.7 Å². The zero-order valence-electron chi connectivity index (χ0n) is 18.1. The number of fused-ring (bicyclic) bond motifs is 1. The number of sulfonamides is 1. The van der Waals surface area contributed by atoms with Crippen molar-refractivity contribution in [3.8, 4) is 0 Å². The van der Waals surface area contributed by atoms with Crippen LogP contribution >= 0.6 is 0 Å². The van der Waals surface area contributed by atoms with Crippen molar-refractivity contribution < 1.29 is 18.0 Å². The predicted octanol–water partition coefficient (Wildman–Crippen LogP) is 3.56. The van der Waals surface area contributed by atoms with E-state index in [0.717, 1.165) is 16.8 Å². The van der Waals surface area contributed by atoms with Gasteiger partial charge in [-0.25, -0.2) is 8.42 Å². The quantitative estimate of drug-likeness (QED) is 0.652. The van der Waals surface area contributed by atoms with Crippen LogP contribution in [0.15, 0.2) is 47.4 Å². The Labute approximate surface area is 183 Å². The maximum atomic E-state index is 12.8. The van der Waals surface area contributed by atoms with Crippen LogP contribution in [0, 0.1) is 12.8 Å². The van der Waals surface area contributed by atoms with Gasteiger partial charge in [0.2, 0.25) is 21.8 Å². The minimum absolute atomic E-state index is 0.0741. The van der Waals surface area contributed by atoms with E-state index in [1.54, 1.807) is 26.0 Å². The van der Waals surface area contributed by atoms with Gasteiger partial charge in [-0.15, -0.1) is 0 Å². The van der Waals surface area contributed by atoms with E-state index in [2.05, 4.69) is 10.6 Å². The second-order valence-corrected chi connectivity index (χ2v) is 9.64. The lowest BCUT2D eigenvalue weighted by molar-refractivity contribution is -0.121. The molecule has 1 atom stereocenters. The summed E-state index contributed by atoms with van der Waals surface area (Å²) in [7, 11) is -3.61. The Bertz CT molecular complexity index is 1080. The van der Waals surface area contributed by atoms with E-state index in [9.17, 15) is 18.0 Å². The Kier molecular flexibility index (Phi) is 7.12. The van der Waals surface area contributed by atoms with Crippen LogP contribution in [0.3, 0.4) is 0 Å². The molecule has 0 aromatic heterocycles. The summed E-state index contributed by atoms with van der Waals surface area (Å²) >= 11 is 0. The number of benzene rings is 2. The van der Waals surface area contributed by atoms with Crippen molar-refractivity contribution in [1.82, 2.24) is 4.31 Å². The van der Waals surface area contributed by atoms with Gasteiger partial charge in [0.15, 0.2) is 0 Å². The number of carbonyl (C=O) groups excluding carboxylic acids is 2. The molecule has 1 unspecified atom stereocenters. The Morgan fingerprint density at radius 2 is 1.87 bits per heavy atom. The molecule has 31 heavy (non-hydrogen) atoms. The van der Waals surface area contributed by atoms with Crippen LogP contribution in [0.2, 0.25) is 0 Å². The molecule has 3 rings (SSSR count). The zero-order valence-corrected chi connectivity index (χ0v) is 19.0. The molecule has 7 nitrogen and oxygen atoms in total. The number of aryl methyl sites for hydroxylation is 1. The lowest BCUT2D eigenvalue weighted by Crippen LogP contribution is -2.31. The standard InChI is InChI=1S/C23H29N3O4S/c1-4-26(5-2)31(29,30)19-12-10-16(3)21(15-19)24-22(27)13-11-18-14-17-8-6-7-9-20(17)25-23(18)28/h6-10,12,15,18H,4-5,11,13-14H2,1-3H3,(H,24,27)(H,25,28). The normalized spacial score (nSPS) is 16.0. The van der Waals surface area contributed by atoms with E-state index in [1.807, 2.05) is 31.2 Å². The molecular formula is C23H29N3O4S. The Morgan fingerprint density at radius 3 is 2.58 bits per heavy atom. The Morgan fingerprint density at radius 1 is 1.16 bits per heavy atom. The van der Waals surface area contributed by atoms with Crippen LogP contribution in [-0.2, 0) is 26.0 Å². The molecule has 166 valence electrons. The van der Waals surface area contributed by atoms with Gasteiger partial charge in [0.05, 0.1) is 4.90 Å². The summed E-state index contributed by atoms with van der Waals surface area (Å²) < 4.78 is 26.9. The SMILES string of the molecule is CCN(CC)S(=O)(=O)c1ccc(C)c(NC(=O)CCC2Cc3ccccc3NC2=O)c1. The molecule has 0 saturated carbocycles. The molecule has 0 fully saturated rings. The van der Waals surface area contributed by atoms with Gasteiger partial charge in [0, 0.05) is 36.8 Å². The molecule has 8 heteroatoms. The Hall–Kier alpha value is -2.71. The second-order valence-electron chi connectivity index (χ2n) is 7.70. The molecule has 2 amide bonds. The molecule has 1 aliphatic rings. The highest BCUT2D eigenvalue weighted by atomic mass is 32.2. The first-order chi connectivity index (χ1) is 14.8. The number of nitrogens with one attached hydrogen (secondary N) is 2. The summed E-state index contributed by atoms with van der Waals surface area (Å²) in [5.74, 6) is -0.585. The highest BCUT2D eigenvalue weighted by Gasteiger charge is 2.26. The summed E-state index contributed by atoms with van der Waals surface area (Å²) in [5.41, 5.74) is 3.14. The fraction of sp³-hybridized carbons (Fsp3) is 0.391. The first-order valence-electron chi connectivity index (χ1n) is 10.6. The first kappa shape index (κ1) is 23.0. The molecule has 0 bridgehead atoms. The third-order valence-corrected chi connectivity index (χ3v) is 7.70. The van der Waals surface area contributed by atoms with E-state index >= 15 is 0 Å². The summed E-state index contributed by atoms with van der Waals surface area (Å²) in [5, 5.41) is 5.71. The fourth-order valence-electron chi connectivity index (χ4n) is 3.77. The van der Waals surface area contributed by atoms with Gasteiger partial charge in [-0.05, 0) is 49.1 Å². The van der Waals surface area contributed by atoms with Crippen molar-refractivity contribution in [1.29, 1.82) is 0 Å². The molecule has 2 aromatic carbocycles. The Balaban J connectivity index is 1.66. The van der Waals surface area contributed by atoms with Crippen LogP contribution in [0.1, 0.15) is 37.8 Å². The molecule has 2 N–H and O–H groups in total. The van der Waals surface area contributed by atoms with Gasteiger partial charge in [0.25, 0.3) is 0 Å². The summed E-state index contributed by atoms with van der Waals surface area (Å²) in [6.45, 7) is 6.15. The number of nitrogens with zero attached hydrogens (tertiary/aromatic N) is 1. The van der Waals surface area contributed by atoms with Gasteiger partial charge in [-0.3, -0.25) is 9.59 Å².